The molecule has 0 radical (unpaired) electrons. The molecule has 0 aromatic heterocycles. The van der Waals surface area contributed by atoms with Crippen LogP contribution in [0.15, 0.2) is 30.3 Å². The molecule has 1 unspecified atom stereocenters. The highest BCUT2D eigenvalue weighted by atomic mass is 79.9. The van der Waals surface area contributed by atoms with Gasteiger partial charge < -0.3 is 21.5 Å². The lowest BCUT2D eigenvalue weighted by Gasteiger charge is -2.35. The molecule has 150 valence electrons. The van der Waals surface area contributed by atoms with Crippen molar-refractivity contribution in [2.45, 2.75) is 84.1 Å². The van der Waals surface area contributed by atoms with Crippen molar-refractivity contribution in [3.63, 3.8) is 0 Å². The minimum Gasteiger partial charge on any atom is -1.00 e. The summed E-state index contributed by atoms with van der Waals surface area (Å²) >= 11 is 0. The van der Waals surface area contributed by atoms with Gasteiger partial charge in [0.2, 0.25) is 5.78 Å². The number of halogens is 1. The van der Waals surface area contributed by atoms with Gasteiger partial charge in [-0.25, -0.2) is 0 Å². The second kappa shape index (κ2) is 14.4. The maximum Gasteiger partial charge on any atom is 0.219 e. The van der Waals surface area contributed by atoms with Gasteiger partial charge in [0.05, 0.1) is 20.6 Å². The number of benzene rings is 1. The average Bonchev–Trinajstić information content (AvgIpc) is 2.62. The quantitative estimate of drug-likeness (QED) is 0.254. The second-order valence-corrected chi connectivity index (χ2v) is 8.09. The molecule has 26 heavy (non-hydrogen) atoms. The molecule has 0 aliphatic carbocycles. The number of Topliss-reactive ketones (excluding diaryl/α,β-unsaturated/α-hetero) is 1. The van der Waals surface area contributed by atoms with Crippen molar-refractivity contribution in [3.05, 3.63) is 35.9 Å². The van der Waals surface area contributed by atoms with Crippen LogP contribution in [-0.2, 0) is 0 Å². The Balaban J connectivity index is 0.00000625. The van der Waals surface area contributed by atoms with Crippen LogP contribution in [0.3, 0.4) is 0 Å². The molecule has 3 heteroatoms. The number of quaternary nitrogens is 1. The molecule has 1 aromatic rings. The molecule has 0 fully saturated rings. The molecular formula is C23H40BrNO. The lowest BCUT2D eigenvalue weighted by molar-refractivity contribution is -0.903. The molecule has 1 atom stereocenters. The zero-order chi connectivity index (χ0) is 18.5. The minimum absolute atomic E-state index is 0. The van der Waals surface area contributed by atoms with Gasteiger partial charge >= 0.3 is 0 Å². The summed E-state index contributed by atoms with van der Waals surface area (Å²) in [5, 5.41) is 0. The van der Waals surface area contributed by atoms with Gasteiger partial charge in [-0.3, -0.25) is 4.79 Å². The topological polar surface area (TPSA) is 17.1 Å². The average molecular weight is 426 g/mol. The van der Waals surface area contributed by atoms with Crippen molar-refractivity contribution < 1.29 is 26.3 Å². The van der Waals surface area contributed by atoms with E-state index in [1.165, 1.54) is 64.2 Å². The first kappa shape index (κ1) is 25.3. The molecule has 0 spiro atoms. The molecule has 2 nitrogen and oxygen atoms in total. The number of unbranched alkanes of at least 4 members (excludes halogenated alkanes) is 9. The molecular weight excluding hydrogens is 386 g/mol. The van der Waals surface area contributed by atoms with E-state index in [2.05, 4.69) is 27.9 Å². The number of hydrogen-bond donors (Lipinski definition) is 0. The van der Waals surface area contributed by atoms with Crippen LogP contribution in [-0.4, -0.2) is 36.9 Å². The van der Waals surface area contributed by atoms with E-state index in [4.69, 9.17) is 0 Å². The first-order chi connectivity index (χ1) is 12.0. The Labute approximate surface area is 172 Å². The predicted molar refractivity (Wildman–Crippen MR) is 109 cm³/mol. The fourth-order valence-corrected chi connectivity index (χ4v) is 3.36. The molecule has 0 bridgehead atoms. The molecule has 1 rings (SSSR count). The number of hydrogen-bond acceptors (Lipinski definition) is 1. The zero-order valence-electron chi connectivity index (χ0n) is 17.5. The number of carbonyl (C=O) groups excluding carboxylic acids is 1. The van der Waals surface area contributed by atoms with Crippen molar-refractivity contribution in [1.82, 2.24) is 0 Å². The largest absolute Gasteiger partial charge is 1.00 e. The summed E-state index contributed by atoms with van der Waals surface area (Å²) in [4.78, 5) is 12.7. The smallest absolute Gasteiger partial charge is 0.219 e. The zero-order valence-corrected chi connectivity index (χ0v) is 19.1. The summed E-state index contributed by atoms with van der Waals surface area (Å²) in [6, 6.07) is 9.73. The lowest BCUT2D eigenvalue weighted by atomic mass is 10.0. The summed E-state index contributed by atoms with van der Waals surface area (Å²) < 4.78 is 0.782. The normalized spacial score (nSPS) is 12.5. The number of ketones is 1. The van der Waals surface area contributed by atoms with Crippen molar-refractivity contribution in [2.24, 2.45) is 0 Å². The molecule has 0 saturated heterocycles. The van der Waals surface area contributed by atoms with E-state index < -0.39 is 0 Å². The minimum atomic E-state index is 0. The lowest BCUT2D eigenvalue weighted by Crippen LogP contribution is -3.00. The van der Waals surface area contributed by atoms with Gasteiger partial charge in [-0.1, -0.05) is 88.6 Å². The maximum atomic E-state index is 12.7. The van der Waals surface area contributed by atoms with E-state index >= 15 is 0 Å². The molecule has 0 saturated carbocycles. The Kier molecular flexibility index (Phi) is 14.0. The fraction of sp³-hybridized carbons (Fsp3) is 0.696. The highest BCUT2D eigenvalue weighted by Gasteiger charge is 2.30. The third kappa shape index (κ3) is 9.87. The third-order valence-corrected chi connectivity index (χ3v) is 5.57. The SMILES string of the molecule is CCCCCCCCCCCC[N+](C)(C)C(C)C(=O)c1ccccc1.[Br-]. The first-order valence-corrected chi connectivity index (χ1v) is 10.4. The molecule has 0 amide bonds. The number of rotatable bonds is 14. The van der Waals surface area contributed by atoms with Crippen LogP contribution in [0, 0.1) is 0 Å². The molecule has 1 aromatic carbocycles. The van der Waals surface area contributed by atoms with Gasteiger partial charge in [0.1, 0.15) is 6.04 Å². The molecule has 0 N–H and O–H groups in total. The van der Waals surface area contributed by atoms with Gasteiger partial charge in [0, 0.05) is 5.56 Å². The Morgan fingerprint density at radius 2 is 1.31 bits per heavy atom. The third-order valence-electron chi connectivity index (χ3n) is 5.57. The maximum absolute atomic E-state index is 12.7. The van der Waals surface area contributed by atoms with E-state index in [0.29, 0.717) is 0 Å². The van der Waals surface area contributed by atoms with Crippen LogP contribution >= 0.6 is 0 Å². The van der Waals surface area contributed by atoms with E-state index in [1.807, 2.05) is 30.3 Å². The van der Waals surface area contributed by atoms with Crippen LogP contribution in [0.1, 0.15) is 88.4 Å². The van der Waals surface area contributed by atoms with Crippen LogP contribution in [0.2, 0.25) is 0 Å². The Bertz CT molecular complexity index is 472. The summed E-state index contributed by atoms with van der Waals surface area (Å²) in [5.41, 5.74) is 0.837. The van der Waals surface area contributed by atoms with Crippen molar-refractivity contribution in [3.8, 4) is 0 Å². The van der Waals surface area contributed by atoms with E-state index in [9.17, 15) is 4.79 Å². The van der Waals surface area contributed by atoms with Crippen molar-refractivity contribution >= 4 is 5.78 Å². The Morgan fingerprint density at radius 3 is 1.81 bits per heavy atom. The standard InChI is InChI=1S/C23H40NO.BrH/c1-5-6-7-8-9-10-11-12-13-17-20-24(3,4)21(2)23(25)22-18-15-14-16-19-22;/h14-16,18-19,21H,5-13,17,20H2,1-4H3;1H/q+1;/p-1. The number of nitrogens with zero attached hydrogens (tertiary/aromatic N) is 1. The van der Waals surface area contributed by atoms with Crippen LogP contribution in [0.4, 0.5) is 0 Å². The molecule has 0 heterocycles. The molecule has 0 aliphatic heterocycles. The van der Waals surface area contributed by atoms with E-state index in [1.54, 1.807) is 0 Å². The van der Waals surface area contributed by atoms with Gasteiger partial charge in [0.15, 0.2) is 0 Å². The Morgan fingerprint density at radius 1 is 0.846 bits per heavy atom. The monoisotopic (exact) mass is 425 g/mol. The van der Waals surface area contributed by atoms with Gasteiger partial charge in [-0.2, -0.15) is 0 Å². The highest BCUT2D eigenvalue weighted by Crippen LogP contribution is 2.16. The van der Waals surface area contributed by atoms with Crippen LogP contribution < -0.4 is 17.0 Å². The van der Waals surface area contributed by atoms with Crippen molar-refractivity contribution in [2.75, 3.05) is 20.6 Å². The van der Waals surface area contributed by atoms with Crippen LogP contribution in [0.25, 0.3) is 0 Å². The predicted octanol–water partition coefficient (Wildman–Crippen LogP) is 3.26. The van der Waals surface area contributed by atoms with E-state index in [0.717, 1.165) is 16.6 Å². The van der Waals surface area contributed by atoms with Crippen molar-refractivity contribution in [1.29, 1.82) is 0 Å². The number of carbonyl (C=O) groups is 1. The highest BCUT2D eigenvalue weighted by molar-refractivity contribution is 5.99. The summed E-state index contributed by atoms with van der Waals surface area (Å²) in [7, 11) is 4.39. The Hall–Kier alpha value is -0.670. The van der Waals surface area contributed by atoms with Gasteiger partial charge in [0.25, 0.3) is 0 Å². The van der Waals surface area contributed by atoms with E-state index in [-0.39, 0.29) is 28.8 Å². The summed E-state index contributed by atoms with van der Waals surface area (Å²) in [5.74, 6) is 0.262. The van der Waals surface area contributed by atoms with Gasteiger partial charge in [-0.05, 0) is 19.8 Å². The second-order valence-electron chi connectivity index (χ2n) is 8.09. The number of likely N-dealkylation sites (N-methyl/N-ethyl adjacent to an activating group) is 1. The van der Waals surface area contributed by atoms with Gasteiger partial charge in [-0.15, -0.1) is 0 Å². The molecule has 0 aliphatic rings. The van der Waals surface area contributed by atoms with Crippen LogP contribution in [0.5, 0.6) is 0 Å². The first-order valence-electron chi connectivity index (χ1n) is 10.4. The summed E-state index contributed by atoms with van der Waals surface area (Å²) in [6.45, 7) is 5.43. The fourth-order valence-electron chi connectivity index (χ4n) is 3.36. The summed E-state index contributed by atoms with van der Waals surface area (Å²) in [6.07, 6.45) is 13.6.